The highest BCUT2D eigenvalue weighted by atomic mass is 32.2. The third-order valence-electron chi connectivity index (χ3n) is 5.67. The number of hydrogen-bond donors (Lipinski definition) is 0. The fraction of sp³-hybridized carbons (Fsp3) is 0.630. The highest BCUT2D eigenvalue weighted by molar-refractivity contribution is 8.01. The van der Waals surface area contributed by atoms with Crippen LogP contribution in [0.2, 0.25) is 0 Å². The Morgan fingerprint density at radius 3 is 2.41 bits per heavy atom. The van der Waals surface area contributed by atoms with E-state index in [1.807, 2.05) is 38.1 Å². The summed E-state index contributed by atoms with van der Waals surface area (Å²) >= 11 is 1.43. The molecule has 0 spiro atoms. The Hall–Kier alpha value is -2.75. The molecular weight excluding hydrogens is 494 g/mol. The largest absolute Gasteiger partial charge is 0.494 e. The predicted octanol–water partition coefficient (Wildman–Crippen LogP) is 4.58. The zero-order valence-corrected chi connectivity index (χ0v) is 23.6. The van der Waals surface area contributed by atoms with Crippen LogP contribution in [0.15, 0.2) is 38.8 Å². The number of benzene rings is 1. The molecule has 1 aromatic heterocycles. The summed E-state index contributed by atoms with van der Waals surface area (Å²) < 4.78 is 18.3. The lowest BCUT2D eigenvalue weighted by atomic mass is 10.1. The van der Waals surface area contributed by atoms with Crippen molar-refractivity contribution in [2.75, 3.05) is 19.8 Å². The third-order valence-corrected chi connectivity index (χ3v) is 6.84. The minimum atomic E-state index is -0.700. The summed E-state index contributed by atoms with van der Waals surface area (Å²) in [6, 6.07) is 7.60. The van der Waals surface area contributed by atoms with Crippen LogP contribution in [-0.2, 0) is 23.1 Å². The molecule has 0 bridgehead atoms. The molecule has 0 aliphatic rings. The molecule has 0 radical (unpaired) electrons. The molecule has 1 aromatic carbocycles. The molecule has 2 rings (SSSR count). The summed E-state index contributed by atoms with van der Waals surface area (Å²) in [5, 5.41) is 4.16. The van der Waals surface area contributed by atoms with Gasteiger partial charge in [-0.15, -0.1) is 16.9 Å². The monoisotopic (exact) mass is 535 g/mol. The molecule has 0 unspecified atom stereocenters. The lowest BCUT2D eigenvalue weighted by molar-refractivity contribution is -0.145. The molecule has 0 saturated carbocycles. The van der Waals surface area contributed by atoms with Gasteiger partial charge in [0.2, 0.25) is 0 Å². The van der Waals surface area contributed by atoms with Crippen LogP contribution in [0.5, 0.6) is 11.6 Å². The van der Waals surface area contributed by atoms with Gasteiger partial charge in [0.15, 0.2) is 0 Å². The molecular formula is C27H41N3O6S. The van der Waals surface area contributed by atoms with Crippen molar-refractivity contribution >= 4 is 17.7 Å². The van der Waals surface area contributed by atoms with Crippen LogP contribution >= 0.6 is 11.8 Å². The first-order chi connectivity index (χ1) is 17.7. The van der Waals surface area contributed by atoms with Crippen LogP contribution in [-0.4, -0.2) is 44.9 Å². The lowest BCUT2D eigenvalue weighted by Crippen LogP contribution is -2.40. The van der Waals surface area contributed by atoms with Gasteiger partial charge in [0.1, 0.15) is 10.5 Å². The van der Waals surface area contributed by atoms with Crippen molar-refractivity contribution in [2.24, 2.45) is 7.05 Å². The number of aromatic nitrogens is 3. The third kappa shape index (κ3) is 9.91. The van der Waals surface area contributed by atoms with Crippen LogP contribution in [0.25, 0.3) is 0 Å². The number of carbonyl (C=O) groups is 1. The van der Waals surface area contributed by atoms with E-state index >= 15 is 0 Å². The fourth-order valence-corrected chi connectivity index (χ4v) is 4.58. The fourth-order valence-electron chi connectivity index (χ4n) is 3.53. The van der Waals surface area contributed by atoms with Gasteiger partial charge >= 0.3 is 17.2 Å². The molecule has 9 nitrogen and oxygen atoms in total. The molecule has 0 saturated heterocycles. The lowest BCUT2D eigenvalue weighted by Gasteiger charge is -2.21. The van der Waals surface area contributed by atoms with Crippen molar-refractivity contribution in [3.05, 3.63) is 45.1 Å². The standard InChI is InChI=1S/C27H41N3O6S/c1-6-8-9-10-11-17-30-26(33)29(5)24(31)23(28-30)36-19-13-12-18-35-21-15-14-16-22(20-21)37-27(3,4)25(32)34-7-2/h14-16,20H,6-13,17-19H2,1-5H3. The second-order valence-electron chi connectivity index (χ2n) is 9.30. The number of rotatable bonds is 17. The Morgan fingerprint density at radius 2 is 1.70 bits per heavy atom. The molecule has 0 aliphatic carbocycles. The van der Waals surface area contributed by atoms with E-state index < -0.39 is 16.0 Å². The quantitative estimate of drug-likeness (QED) is 0.165. The molecule has 0 fully saturated rings. The minimum Gasteiger partial charge on any atom is -0.494 e. The zero-order valence-electron chi connectivity index (χ0n) is 22.8. The summed E-state index contributed by atoms with van der Waals surface area (Å²) in [6.07, 6.45) is 6.67. The molecule has 0 atom stereocenters. The number of thioether (sulfide) groups is 1. The van der Waals surface area contributed by atoms with Gasteiger partial charge in [0.25, 0.3) is 5.88 Å². The summed E-state index contributed by atoms with van der Waals surface area (Å²) in [4.78, 5) is 37.8. The van der Waals surface area contributed by atoms with Crippen LogP contribution in [0.1, 0.15) is 72.6 Å². The maximum Gasteiger partial charge on any atom is 0.347 e. The first-order valence-electron chi connectivity index (χ1n) is 13.1. The van der Waals surface area contributed by atoms with Crippen LogP contribution in [0.3, 0.4) is 0 Å². The molecule has 0 amide bonds. The molecule has 0 aliphatic heterocycles. The number of carbonyl (C=O) groups excluding carboxylic acids is 1. The molecule has 37 heavy (non-hydrogen) atoms. The van der Waals surface area contributed by atoms with Gasteiger partial charge in [-0.2, -0.15) is 0 Å². The number of aryl methyl sites for hydroxylation is 1. The van der Waals surface area contributed by atoms with E-state index in [4.69, 9.17) is 14.2 Å². The SMILES string of the molecule is CCCCCCCn1nc(OCCCCOc2cccc(SC(C)(C)C(=O)OCC)c2)c(=O)n(C)c1=O. The van der Waals surface area contributed by atoms with Gasteiger partial charge in [0, 0.05) is 18.5 Å². The maximum atomic E-state index is 12.4. The van der Waals surface area contributed by atoms with Crippen molar-refractivity contribution in [3.63, 3.8) is 0 Å². The van der Waals surface area contributed by atoms with Gasteiger partial charge in [-0.1, -0.05) is 38.7 Å². The number of ether oxygens (including phenoxy) is 3. The molecule has 206 valence electrons. The van der Waals surface area contributed by atoms with Crippen LogP contribution in [0.4, 0.5) is 0 Å². The number of hydrogen-bond acceptors (Lipinski definition) is 8. The van der Waals surface area contributed by atoms with Gasteiger partial charge in [-0.05, 0) is 58.2 Å². The van der Waals surface area contributed by atoms with E-state index in [1.165, 1.54) is 29.9 Å². The molecule has 2 aromatic rings. The summed E-state index contributed by atoms with van der Waals surface area (Å²) in [6.45, 7) is 9.21. The van der Waals surface area contributed by atoms with E-state index in [9.17, 15) is 14.4 Å². The minimum absolute atomic E-state index is 0.0504. The van der Waals surface area contributed by atoms with E-state index in [-0.39, 0.29) is 11.8 Å². The van der Waals surface area contributed by atoms with Gasteiger partial charge in [-0.3, -0.25) is 14.2 Å². The Bertz CT molecular complexity index is 1110. The predicted molar refractivity (Wildman–Crippen MR) is 146 cm³/mol. The molecule has 0 N–H and O–H groups in total. The van der Waals surface area contributed by atoms with Gasteiger partial charge in [0.05, 0.1) is 19.8 Å². The average molecular weight is 536 g/mol. The Kier molecular flexibility index (Phi) is 12.8. The first-order valence-corrected chi connectivity index (χ1v) is 13.9. The summed E-state index contributed by atoms with van der Waals surface area (Å²) in [7, 11) is 1.45. The Labute approximate surface area is 223 Å². The van der Waals surface area contributed by atoms with E-state index in [2.05, 4.69) is 12.0 Å². The van der Waals surface area contributed by atoms with Crippen LogP contribution < -0.4 is 20.7 Å². The van der Waals surface area contributed by atoms with Gasteiger partial charge in [-0.25, -0.2) is 9.48 Å². The van der Waals surface area contributed by atoms with E-state index in [0.29, 0.717) is 45.0 Å². The highest BCUT2D eigenvalue weighted by Crippen LogP contribution is 2.35. The average Bonchev–Trinajstić information content (AvgIpc) is 2.86. The Morgan fingerprint density at radius 1 is 1.00 bits per heavy atom. The zero-order chi connectivity index (χ0) is 27.3. The second kappa shape index (κ2) is 15.5. The van der Waals surface area contributed by atoms with E-state index in [1.54, 1.807) is 6.92 Å². The number of esters is 1. The van der Waals surface area contributed by atoms with Crippen molar-refractivity contribution in [1.82, 2.24) is 14.3 Å². The van der Waals surface area contributed by atoms with Crippen molar-refractivity contribution in [3.8, 4) is 11.6 Å². The Balaban J connectivity index is 1.81. The number of nitrogens with zero attached hydrogens (tertiary/aromatic N) is 3. The van der Waals surface area contributed by atoms with Crippen molar-refractivity contribution in [2.45, 2.75) is 88.8 Å². The second-order valence-corrected chi connectivity index (χ2v) is 11.0. The normalized spacial score (nSPS) is 11.4. The van der Waals surface area contributed by atoms with Crippen molar-refractivity contribution < 1.29 is 19.0 Å². The molecule has 10 heteroatoms. The maximum absolute atomic E-state index is 12.4. The molecule has 1 heterocycles. The first kappa shape index (κ1) is 30.5. The topological polar surface area (TPSA) is 102 Å². The highest BCUT2D eigenvalue weighted by Gasteiger charge is 2.30. The van der Waals surface area contributed by atoms with Crippen molar-refractivity contribution in [1.29, 1.82) is 0 Å². The number of unbranched alkanes of at least 4 members (excludes halogenated alkanes) is 5. The smallest absolute Gasteiger partial charge is 0.347 e. The summed E-state index contributed by atoms with van der Waals surface area (Å²) in [5.74, 6) is 0.413. The van der Waals surface area contributed by atoms with Gasteiger partial charge < -0.3 is 14.2 Å². The van der Waals surface area contributed by atoms with E-state index in [0.717, 1.165) is 35.1 Å². The van der Waals surface area contributed by atoms with Crippen LogP contribution in [0, 0.1) is 0 Å². The summed E-state index contributed by atoms with van der Waals surface area (Å²) in [5.41, 5.74) is -0.948.